The van der Waals surface area contributed by atoms with Gasteiger partial charge in [-0.25, -0.2) is 0 Å². The monoisotopic (exact) mass is 160 g/mol. The zero-order chi connectivity index (χ0) is 7.98. The third-order valence-electron chi connectivity index (χ3n) is 2.56. The molecule has 0 aromatic heterocycles. The van der Waals surface area contributed by atoms with Crippen molar-refractivity contribution in [3.8, 4) is 0 Å². The molecule has 1 nitrogen and oxygen atoms in total. The van der Waals surface area contributed by atoms with Gasteiger partial charge in [0.15, 0.2) is 0 Å². The molecule has 0 spiro atoms. The van der Waals surface area contributed by atoms with Crippen LogP contribution in [0.1, 0.15) is 53.4 Å². The van der Waals surface area contributed by atoms with E-state index in [4.69, 9.17) is 0 Å². The summed E-state index contributed by atoms with van der Waals surface area (Å²) in [7, 11) is 0. The van der Waals surface area contributed by atoms with Crippen molar-refractivity contribution in [1.82, 2.24) is 0 Å². The van der Waals surface area contributed by atoms with Crippen LogP contribution < -0.4 is 0 Å². The van der Waals surface area contributed by atoms with Crippen LogP contribution in [-0.4, -0.2) is 5.48 Å². The normalized spacial score (nSPS) is 28.4. The van der Waals surface area contributed by atoms with E-state index in [0.29, 0.717) is 0 Å². The van der Waals surface area contributed by atoms with Gasteiger partial charge in [-0.1, -0.05) is 53.4 Å². The minimum absolute atomic E-state index is 0. The lowest BCUT2D eigenvalue weighted by molar-refractivity contribution is 0.407. The van der Waals surface area contributed by atoms with Gasteiger partial charge in [-0.2, -0.15) is 0 Å². The molecule has 0 bridgehead atoms. The molecule has 1 heteroatoms. The highest BCUT2D eigenvalue weighted by Crippen LogP contribution is 2.32. The maximum absolute atomic E-state index is 2.39. The summed E-state index contributed by atoms with van der Waals surface area (Å²) < 4.78 is 0. The Morgan fingerprint density at radius 2 is 1.73 bits per heavy atom. The molecule has 70 valence electrons. The Balaban J connectivity index is 0. The summed E-state index contributed by atoms with van der Waals surface area (Å²) in [5.74, 6) is 2.09. The first-order valence-electron chi connectivity index (χ1n) is 4.84. The predicted octanol–water partition coefficient (Wildman–Crippen LogP) is 3.03. The quantitative estimate of drug-likeness (QED) is 0.564. The van der Waals surface area contributed by atoms with Crippen molar-refractivity contribution in [2.24, 2.45) is 11.8 Å². The van der Waals surface area contributed by atoms with Crippen molar-refractivity contribution in [1.29, 1.82) is 0 Å². The van der Waals surface area contributed by atoms with E-state index < -0.39 is 0 Å². The fraction of sp³-hybridized carbons (Fsp3) is 1.00. The van der Waals surface area contributed by atoms with E-state index in [9.17, 15) is 0 Å². The van der Waals surface area contributed by atoms with Crippen LogP contribution >= 0.6 is 0 Å². The van der Waals surface area contributed by atoms with Crippen LogP contribution in [0.3, 0.4) is 0 Å². The van der Waals surface area contributed by atoms with Crippen molar-refractivity contribution < 1.29 is 5.48 Å². The maximum atomic E-state index is 2.39. The molecule has 2 atom stereocenters. The molecule has 0 aromatic carbocycles. The summed E-state index contributed by atoms with van der Waals surface area (Å²) in [6.45, 7) is 8.70. The molecule has 11 heavy (non-hydrogen) atoms. The molecule has 2 N–H and O–H groups in total. The van der Waals surface area contributed by atoms with Crippen molar-refractivity contribution >= 4 is 0 Å². The van der Waals surface area contributed by atoms with Gasteiger partial charge in [0, 0.05) is 0 Å². The summed E-state index contributed by atoms with van der Waals surface area (Å²) in [5.41, 5.74) is 0. The van der Waals surface area contributed by atoms with Crippen molar-refractivity contribution in [2.75, 3.05) is 0 Å². The number of rotatable bonds is 1. The van der Waals surface area contributed by atoms with E-state index in [1.165, 1.54) is 25.7 Å². The standard InChI is InChI=1S/C8H16.C2H6.H2O/c1-3-8-6-4-5-7(8)2;1-2;/h7-8H,3-6H2,1-2H3;1-2H3;1H2/t7?,8-;;/m0../s1. The lowest BCUT2D eigenvalue weighted by atomic mass is 9.96. The van der Waals surface area contributed by atoms with Crippen LogP contribution in [0.4, 0.5) is 0 Å². The fourth-order valence-corrected chi connectivity index (χ4v) is 1.83. The SMILES string of the molecule is CC.CC[C@H]1CCCC1C.O. The second kappa shape index (κ2) is 8.06. The smallest absolute Gasteiger partial charge is 0.0391 e. The largest absolute Gasteiger partial charge is 0.412 e. The van der Waals surface area contributed by atoms with Crippen molar-refractivity contribution in [3.63, 3.8) is 0 Å². The Hall–Kier alpha value is -0.0400. The molecule has 1 unspecified atom stereocenters. The molecule has 1 aliphatic rings. The fourth-order valence-electron chi connectivity index (χ4n) is 1.83. The number of hydrogen-bond acceptors (Lipinski definition) is 0. The topological polar surface area (TPSA) is 31.5 Å². The van der Waals surface area contributed by atoms with Crippen LogP contribution in [0, 0.1) is 11.8 Å². The van der Waals surface area contributed by atoms with E-state index in [0.717, 1.165) is 11.8 Å². The van der Waals surface area contributed by atoms with E-state index in [1.54, 1.807) is 0 Å². The second-order valence-corrected chi connectivity index (χ2v) is 3.08. The Morgan fingerprint density at radius 3 is 1.91 bits per heavy atom. The van der Waals surface area contributed by atoms with Gasteiger partial charge < -0.3 is 5.48 Å². The zero-order valence-corrected chi connectivity index (χ0v) is 8.48. The Labute approximate surface area is 71.5 Å². The van der Waals surface area contributed by atoms with Gasteiger partial charge in [0.1, 0.15) is 0 Å². The van der Waals surface area contributed by atoms with Crippen molar-refractivity contribution in [2.45, 2.75) is 53.4 Å². The first-order valence-corrected chi connectivity index (χ1v) is 4.84. The van der Waals surface area contributed by atoms with Gasteiger partial charge in [0.2, 0.25) is 0 Å². The highest BCUT2D eigenvalue weighted by molar-refractivity contribution is 4.72. The van der Waals surface area contributed by atoms with E-state index in [-0.39, 0.29) is 5.48 Å². The predicted molar refractivity (Wildman–Crippen MR) is 51.8 cm³/mol. The third kappa shape index (κ3) is 4.41. The second-order valence-electron chi connectivity index (χ2n) is 3.08. The van der Waals surface area contributed by atoms with E-state index >= 15 is 0 Å². The van der Waals surface area contributed by atoms with E-state index in [2.05, 4.69) is 13.8 Å². The van der Waals surface area contributed by atoms with Crippen LogP contribution in [0.2, 0.25) is 0 Å². The first kappa shape index (κ1) is 13.5. The molecule has 0 amide bonds. The molecular formula is C10H24O. The summed E-state index contributed by atoms with van der Waals surface area (Å²) in [5, 5.41) is 0. The Bertz CT molecular complexity index is 71.3. The highest BCUT2D eigenvalue weighted by Gasteiger charge is 2.20. The minimum atomic E-state index is 0. The summed E-state index contributed by atoms with van der Waals surface area (Å²) in [4.78, 5) is 0. The van der Waals surface area contributed by atoms with Gasteiger partial charge >= 0.3 is 0 Å². The molecule has 0 heterocycles. The van der Waals surface area contributed by atoms with Crippen molar-refractivity contribution in [3.05, 3.63) is 0 Å². The van der Waals surface area contributed by atoms with E-state index in [1.807, 2.05) is 13.8 Å². The minimum Gasteiger partial charge on any atom is -0.412 e. The lowest BCUT2D eigenvalue weighted by Gasteiger charge is -2.10. The molecule has 0 saturated heterocycles. The molecule has 0 aromatic rings. The molecule has 1 saturated carbocycles. The lowest BCUT2D eigenvalue weighted by Crippen LogP contribution is -2.00. The molecule has 0 radical (unpaired) electrons. The van der Waals surface area contributed by atoms with Gasteiger partial charge in [-0.15, -0.1) is 0 Å². The van der Waals surface area contributed by atoms with Gasteiger partial charge in [-0.05, 0) is 11.8 Å². The van der Waals surface area contributed by atoms with Crippen LogP contribution in [0.5, 0.6) is 0 Å². The van der Waals surface area contributed by atoms with Crippen LogP contribution in [-0.2, 0) is 0 Å². The summed E-state index contributed by atoms with van der Waals surface area (Å²) >= 11 is 0. The number of hydrogen-bond donors (Lipinski definition) is 0. The summed E-state index contributed by atoms with van der Waals surface area (Å²) in [6, 6.07) is 0. The zero-order valence-electron chi connectivity index (χ0n) is 8.48. The summed E-state index contributed by atoms with van der Waals surface area (Å²) in [6.07, 6.45) is 5.87. The Morgan fingerprint density at radius 1 is 1.18 bits per heavy atom. The molecule has 1 fully saturated rings. The van der Waals surface area contributed by atoms with Gasteiger partial charge in [-0.3, -0.25) is 0 Å². The van der Waals surface area contributed by atoms with Gasteiger partial charge in [0.25, 0.3) is 0 Å². The third-order valence-corrected chi connectivity index (χ3v) is 2.56. The first-order chi connectivity index (χ1) is 4.84. The molecule has 1 aliphatic carbocycles. The molecule has 0 aliphatic heterocycles. The average Bonchev–Trinajstić information content (AvgIpc) is 2.39. The Kier molecular flexibility index (Phi) is 9.92. The highest BCUT2D eigenvalue weighted by atomic mass is 16.0. The maximum Gasteiger partial charge on any atom is -0.0391 e. The average molecular weight is 160 g/mol. The van der Waals surface area contributed by atoms with Crippen LogP contribution in [0.25, 0.3) is 0 Å². The molecule has 1 rings (SSSR count). The molecular weight excluding hydrogens is 136 g/mol. The van der Waals surface area contributed by atoms with Crippen LogP contribution in [0.15, 0.2) is 0 Å². The van der Waals surface area contributed by atoms with Gasteiger partial charge in [0.05, 0.1) is 0 Å².